The van der Waals surface area contributed by atoms with Gasteiger partial charge in [-0.2, -0.15) is 0 Å². The van der Waals surface area contributed by atoms with E-state index in [1.54, 1.807) is 37.8 Å². The van der Waals surface area contributed by atoms with Crippen molar-refractivity contribution in [3.05, 3.63) is 83.8 Å². The molecule has 2 heterocycles. The number of ether oxygens (including phenoxy) is 2. The van der Waals surface area contributed by atoms with E-state index in [0.29, 0.717) is 29.2 Å². The monoisotopic (exact) mass is 457 g/mol. The predicted molar refractivity (Wildman–Crippen MR) is 128 cm³/mol. The van der Waals surface area contributed by atoms with Gasteiger partial charge in [0.15, 0.2) is 0 Å². The smallest absolute Gasteiger partial charge is 0.307 e. The Morgan fingerprint density at radius 2 is 1.88 bits per heavy atom. The van der Waals surface area contributed by atoms with Crippen molar-refractivity contribution < 1.29 is 28.2 Å². The second kappa shape index (κ2) is 8.96. The third-order valence-corrected chi connectivity index (χ3v) is 5.83. The summed E-state index contributed by atoms with van der Waals surface area (Å²) >= 11 is 0. The normalized spacial score (nSPS) is 11.2. The van der Waals surface area contributed by atoms with Crippen molar-refractivity contribution in [3.8, 4) is 22.6 Å². The van der Waals surface area contributed by atoms with Crippen LogP contribution >= 0.6 is 0 Å². The van der Waals surface area contributed by atoms with Crippen molar-refractivity contribution in [2.75, 3.05) is 7.11 Å². The molecule has 2 aromatic heterocycles. The van der Waals surface area contributed by atoms with Gasteiger partial charge in [-0.3, -0.25) is 4.79 Å². The van der Waals surface area contributed by atoms with Gasteiger partial charge < -0.3 is 29.1 Å². The number of furan rings is 2. The fourth-order valence-corrected chi connectivity index (χ4v) is 4.13. The maximum Gasteiger partial charge on any atom is 0.307 e. The van der Waals surface area contributed by atoms with E-state index in [1.807, 2.05) is 36.4 Å². The number of hydrogen-bond donors (Lipinski definition) is 2. The van der Waals surface area contributed by atoms with Gasteiger partial charge in [0.1, 0.15) is 29.3 Å². The van der Waals surface area contributed by atoms with E-state index >= 15 is 0 Å². The zero-order chi connectivity index (χ0) is 23.7. The zero-order valence-electron chi connectivity index (χ0n) is 18.5. The van der Waals surface area contributed by atoms with Crippen LogP contribution in [0.15, 0.2) is 76.0 Å². The van der Waals surface area contributed by atoms with Gasteiger partial charge >= 0.3 is 5.97 Å². The molecule has 172 valence electrons. The molecule has 7 nitrogen and oxygen atoms in total. The maximum atomic E-state index is 11.3. The minimum atomic E-state index is -0.935. The van der Waals surface area contributed by atoms with Gasteiger partial charge in [0.2, 0.25) is 0 Å². The Labute approximate surface area is 195 Å². The highest BCUT2D eigenvalue weighted by molar-refractivity contribution is 6.10. The molecule has 0 saturated carbocycles. The highest BCUT2D eigenvalue weighted by atomic mass is 16.5. The second-order valence-corrected chi connectivity index (χ2v) is 7.96. The summed E-state index contributed by atoms with van der Waals surface area (Å²) in [7, 11) is 1.55. The van der Waals surface area contributed by atoms with E-state index in [1.165, 1.54) is 0 Å². The third kappa shape index (κ3) is 3.97. The second-order valence-electron chi connectivity index (χ2n) is 7.96. The Bertz CT molecular complexity index is 1500. The summed E-state index contributed by atoms with van der Waals surface area (Å²) in [5.41, 5.74) is 11.6. The number of nitrogens with two attached hydrogens (primary N) is 1. The highest BCUT2D eigenvalue weighted by Gasteiger charge is 2.18. The van der Waals surface area contributed by atoms with Gasteiger partial charge in [-0.05, 0) is 35.4 Å². The molecule has 0 fully saturated rings. The Kier molecular flexibility index (Phi) is 5.69. The molecule has 3 aromatic carbocycles. The fourth-order valence-electron chi connectivity index (χ4n) is 4.13. The molecule has 5 aromatic rings. The van der Waals surface area contributed by atoms with Gasteiger partial charge in [-0.15, -0.1) is 0 Å². The summed E-state index contributed by atoms with van der Waals surface area (Å²) in [6, 6.07) is 17.1. The van der Waals surface area contributed by atoms with Crippen LogP contribution in [0, 0.1) is 0 Å². The Balaban J connectivity index is 1.55. The molecule has 0 atom stereocenters. The number of hydrogen-bond acceptors (Lipinski definition) is 6. The Hall–Kier alpha value is -4.23. The molecule has 0 bridgehead atoms. The fraction of sp³-hybridized carbons (Fsp3) is 0.148. The lowest BCUT2D eigenvalue weighted by atomic mass is 9.98. The molecule has 0 unspecified atom stereocenters. The molecule has 0 aliphatic rings. The molecule has 0 radical (unpaired) electrons. The first-order valence-corrected chi connectivity index (χ1v) is 10.8. The van der Waals surface area contributed by atoms with Gasteiger partial charge in [-0.1, -0.05) is 24.3 Å². The average molecular weight is 457 g/mol. The number of benzene rings is 3. The molecule has 3 N–H and O–H groups in total. The summed E-state index contributed by atoms with van der Waals surface area (Å²) in [5, 5.41) is 11.0. The lowest BCUT2D eigenvalue weighted by Crippen LogP contribution is -2.04. The minimum Gasteiger partial charge on any atom is -0.497 e. The molecule has 7 heteroatoms. The Morgan fingerprint density at radius 3 is 2.68 bits per heavy atom. The molecule has 0 aliphatic carbocycles. The van der Waals surface area contributed by atoms with Gasteiger partial charge in [0, 0.05) is 34.7 Å². The summed E-state index contributed by atoms with van der Waals surface area (Å²) in [6.07, 6.45) is 3.16. The first-order chi connectivity index (χ1) is 16.6. The maximum absolute atomic E-state index is 11.3. The van der Waals surface area contributed by atoms with Gasteiger partial charge in [0.05, 0.1) is 31.4 Å². The van der Waals surface area contributed by atoms with Crippen molar-refractivity contribution >= 4 is 27.9 Å². The number of carboxylic acid groups (broad SMARTS) is 1. The van der Waals surface area contributed by atoms with E-state index in [4.69, 9.17) is 24.0 Å². The first-order valence-electron chi connectivity index (χ1n) is 10.8. The van der Waals surface area contributed by atoms with Crippen molar-refractivity contribution in [1.82, 2.24) is 0 Å². The van der Waals surface area contributed by atoms with Crippen LogP contribution in [0.25, 0.3) is 33.1 Å². The van der Waals surface area contributed by atoms with Crippen molar-refractivity contribution in [2.24, 2.45) is 5.73 Å². The standard InChI is InChI=1S/C27H23NO6/c1-31-20-6-5-18(10-25(29)30)24(11-20)33-14-19-15-34-27-21-7-8-32-26(21)22(12-23(19)27)17-4-2-3-16(9-17)13-28/h2-9,11-12,15H,10,13-14,28H2,1H3,(H,29,30). The summed E-state index contributed by atoms with van der Waals surface area (Å²) in [5.74, 6) is 0.107. The number of aliphatic carboxylic acids is 1. The van der Waals surface area contributed by atoms with Crippen molar-refractivity contribution in [3.63, 3.8) is 0 Å². The largest absolute Gasteiger partial charge is 0.497 e. The van der Waals surface area contributed by atoms with E-state index in [-0.39, 0.29) is 13.0 Å². The summed E-state index contributed by atoms with van der Waals surface area (Å²) < 4.78 is 23.1. The van der Waals surface area contributed by atoms with Crippen LogP contribution in [0.1, 0.15) is 16.7 Å². The number of methoxy groups -OCH3 is 1. The zero-order valence-corrected chi connectivity index (χ0v) is 18.5. The van der Waals surface area contributed by atoms with Gasteiger partial charge in [0.25, 0.3) is 0 Å². The number of carbonyl (C=O) groups is 1. The lowest BCUT2D eigenvalue weighted by Gasteiger charge is -2.12. The van der Waals surface area contributed by atoms with Crippen LogP contribution in [-0.2, 0) is 24.4 Å². The average Bonchev–Trinajstić information content (AvgIpc) is 3.49. The van der Waals surface area contributed by atoms with E-state index in [9.17, 15) is 9.90 Å². The Morgan fingerprint density at radius 1 is 1.00 bits per heavy atom. The molecule has 0 spiro atoms. The molecule has 34 heavy (non-hydrogen) atoms. The van der Waals surface area contributed by atoms with Crippen LogP contribution < -0.4 is 15.2 Å². The van der Waals surface area contributed by atoms with E-state index in [0.717, 1.165) is 38.6 Å². The number of rotatable bonds is 8. The molecule has 5 rings (SSSR count). The van der Waals surface area contributed by atoms with Crippen LogP contribution in [0.5, 0.6) is 11.5 Å². The molecule has 0 amide bonds. The quantitative estimate of drug-likeness (QED) is 0.316. The van der Waals surface area contributed by atoms with Gasteiger partial charge in [-0.25, -0.2) is 0 Å². The minimum absolute atomic E-state index is 0.150. The van der Waals surface area contributed by atoms with Crippen LogP contribution in [0.3, 0.4) is 0 Å². The summed E-state index contributed by atoms with van der Waals surface area (Å²) in [4.78, 5) is 11.3. The topological polar surface area (TPSA) is 108 Å². The predicted octanol–water partition coefficient (Wildman–Crippen LogP) is 5.52. The van der Waals surface area contributed by atoms with Crippen LogP contribution in [0.2, 0.25) is 0 Å². The van der Waals surface area contributed by atoms with Crippen LogP contribution in [0.4, 0.5) is 0 Å². The van der Waals surface area contributed by atoms with E-state index in [2.05, 4.69) is 0 Å². The third-order valence-electron chi connectivity index (χ3n) is 5.83. The SMILES string of the molecule is COc1ccc(CC(=O)O)c(OCc2coc3c2cc(-c2cccc(CN)c2)c2occc23)c1. The van der Waals surface area contributed by atoms with E-state index < -0.39 is 5.97 Å². The van der Waals surface area contributed by atoms with Crippen molar-refractivity contribution in [1.29, 1.82) is 0 Å². The van der Waals surface area contributed by atoms with Crippen molar-refractivity contribution in [2.45, 2.75) is 19.6 Å². The van der Waals surface area contributed by atoms with Crippen LogP contribution in [-0.4, -0.2) is 18.2 Å². The highest BCUT2D eigenvalue weighted by Crippen LogP contribution is 2.38. The molecular formula is C27H23NO6. The molecule has 0 saturated heterocycles. The number of carboxylic acids is 1. The first kappa shape index (κ1) is 21.6. The number of fused-ring (bicyclic) bond motifs is 3. The molecule has 0 aliphatic heterocycles. The lowest BCUT2D eigenvalue weighted by molar-refractivity contribution is -0.136. The molecular weight excluding hydrogens is 434 g/mol. The summed E-state index contributed by atoms with van der Waals surface area (Å²) in [6.45, 7) is 0.639.